The highest BCUT2D eigenvalue weighted by Gasteiger charge is 2.36. The molecule has 3 amide bonds. The number of nitrogens with one attached hydrogen (secondary N) is 1. The van der Waals surface area contributed by atoms with Crippen molar-refractivity contribution in [2.75, 3.05) is 18.5 Å². The number of carbonyl (C=O) groups excluding carboxylic acids is 4. The summed E-state index contributed by atoms with van der Waals surface area (Å²) in [5.41, 5.74) is 3.52. The second-order valence-electron chi connectivity index (χ2n) is 8.01. The molecule has 34 heavy (non-hydrogen) atoms. The van der Waals surface area contributed by atoms with Crippen molar-refractivity contribution in [1.82, 2.24) is 4.90 Å². The van der Waals surface area contributed by atoms with Gasteiger partial charge in [-0.3, -0.25) is 24.1 Å². The first-order chi connectivity index (χ1) is 16.1. The fourth-order valence-electron chi connectivity index (χ4n) is 3.08. The van der Waals surface area contributed by atoms with Gasteiger partial charge in [0.05, 0.1) is 11.0 Å². The predicted molar refractivity (Wildman–Crippen MR) is 130 cm³/mol. The highest BCUT2D eigenvalue weighted by Crippen LogP contribution is 2.32. The van der Waals surface area contributed by atoms with E-state index in [0.717, 1.165) is 27.8 Å². The SMILES string of the molecule is Cc1ccc(NC(=O)COc2cccc(/C=C3/SC(=O)N(CC(=O)OC(C)C)C3=O)c2)cc1C. The minimum absolute atomic E-state index is 0.187. The van der Waals surface area contributed by atoms with Crippen LogP contribution < -0.4 is 10.1 Å². The molecule has 0 atom stereocenters. The number of benzene rings is 2. The third-order valence-electron chi connectivity index (χ3n) is 4.84. The molecule has 1 fully saturated rings. The highest BCUT2D eigenvalue weighted by molar-refractivity contribution is 8.18. The molecule has 0 aromatic heterocycles. The molecule has 0 aliphatic carbocycles. The van der Waals surface area contributed by atoms with E-state index in [2.05, 4.69) is 5.32 Å². The van der Waals surface area contributed by atoms with E-state index >= 15 is 0 Å². The molecule has 1 saturated heterocycles. The number of amides is 3. The van der Waals surface area contributed by atoms with Gasteiger partial charge in [-0.2, -0.15) is 0 Å². The zero-order valence-corrected chi connectivity index (χ0v) is 20.2. The quantitative estimate of drug-likeness (QED) is 0.442. The van der Waals surface area contributed by atoms with Gasteiger partial charge in [0, 0.05) is 5.69 Å². The van der Waals surface area contributed by atoms with E-state index in [-0.39, 0.29) is 23.5 Å². The number of esters is 1. The van der Waals surface area contributed by atoms with Gasteiger partial charge < -0.3 is 14.8 Å². The van der Waals surface area contributed by atoms with Crippen LogP contribution >= 0.6 is 11.8 Å². The van der Waals surface area contributed by atoms with Gasteiger partial charge in [-0.1, -0.05) is 18.2 Å². The van der Waals surface area contributed by atoms with E-state index in [9.17, 15) is 19.2 Å². The number of rotatable bonds is 8. The van der Waals surface area contributed by atoms with Crippen molar-refractivity contribution in [2.24, 2.45) is 0 Å². The monoisotopic (exact) mass is 482 g/mol. The number of ether oxygens (including phenoxy) is 2. The normalized spacial score (nSPS) is 14.6. The summed E-state index contributed by atoms with van der Waals surface area (Å²) >= 11 is 0.751. The molecule has 0 unspecified atom stereocenters. The number of imide groups is 1. The molecule has 2 aromatic rings. The second-order valence-corrected chi connectivity index (χ2v) is 9.01. The fourth-order valence-corrected chi connectivity index (χ4v) is 3.91. The maximum Gasteiger partial charge on any atom is 0.326 e. The van der Waals surface area contributed by atoms with Gasteiger partial charge in [-0.15, -0.1) is 0 Å². The summed E-state index contributed by atoms with van der Waals surface area (Å²) in [5.74, 6) is -1.07. The Morgan fingerprint density at radius 3 is 2.56 bits per heavy atom. The predicted octanol–water partition coefficient (Wildman–Crippen LogP) is 4.31. The first-order valence-electron chi connectivity index (χ1n) is 10.7. The van der Waals surface area contributed by atoms with Crippen LogP contribution in [0.5, 0.6) is 5.75 Å². The van der Waals surface area contributed by atoms with Gasteiger partial charge in [0.2, 0.25) is 0 Å². The lowest BCUT2D eigenvalue weighted by Gasteiger charge is -2.13. The van der Waals surface area contributed by atoms with Crippen molar-refractivity contribution < 1.29 is 28.7 Å². The molecule has 178 valence electrons. The summed E-state index contributed by atoms with van der Waals surface area (Å²) in [6, 6.07) is 12.5. The van der Waals surface area contributed by atoms with E-state index in [1.807, 2.05) is 32.0 Å². The Morgan fingerprint density at radius 1 is 1.09 bits per heavy atom. The Bertz CT molecular complexity index is 1160. The van der Waals surface area contributed by atoms with Crippen LogP contribution in [0.25, 0.3) is 6.08 Å². The number of hydrogen-bond acceptors (Lipinski definition) is 7. The molecule has 9 heteroatoms. The molecule has 1 N–H and O–H groups in total. The van der Waals surface area contributed by atoms with Crippen molar-refractivity contribution in [3.8, 4) is 5.75 Å². The standard InChI is InChI=1S/C25H26N2O6S/c1-15(2)33-23(29)13-27-24(30)21(34-25(27)31)12-18-6-5-7-20(11-18)32-14-22(28)26-19-9-8-16(3)17(4)10-19/h5-12,15H,13-14H2,1-4H3,(H,26,28)/b21-12+. The fraction of sp³-hybridized carbons (Fsp3) is 0.280. The van der Waals surface area contributed by atoms with E-state index in [1.54, 1.807) is 44.2 Å². The number of hydrogen-bond donors (Lipinski definition) is 1. The molecular formula is C25H26N2O6S. The molecule has 1 aliphatic heterocycles. The third-order valence-corrected chi connectivity index (χ3v) is 5.75. The third kappa shape index (κ3) is 6.71. The van der Waals surface area contributed by atoms with Crippen LogP contribution in [-0.2, 0) is 19.1 Å². The topological polar surface area (TPSA) is 102 Å². The minimum atomic E-state index is -0.645. The second kappa shape index (κ2) is 11.0. The van der Waals surface area contributed by atoms with Crippen LogP contribution in [0.1, 0.15) is 30.5 Å². The van der Waals surface area contributed by atoms with E-state index < -0.39 is 23.7 Å². The summed E-state index contributed by atoms with van der Waals surface area (Å²) in [4.78, 5) is 49.9. The summed E-state index contributed by atoms with van der Waals surface area (Å²) < 4.78 is 10.6. The lowest BCUT2D eigenvalue weighted by atomic mass is 10.1. The number of nitrogens with zero attached hydrogens (tertiary/aromatic N) is 1. The Balaban J connectivity index is 1.60. The lowest BCUT2D eigenvalue weighted by molar-refractivity contribution is -0.149. The highest BCUT2D eigenvalue weighted by atomic mass is 32.2. The van der Waals surface area contributed by atoms with Gasteiger partial charge in [0.25, 0.3) is 17.1 Å². The average Bonchev–Trinajstić information content (AvgIpc) is 3.02. The number of thioether (sulfide) groups is 1. The lowest BCUT2D eigenvalue weighted by Crippen LogP contribution is -2.35. The zero-order chi connectivity index (χ0) is 24.8. The summed E-state index contributed by atoms with van der Waals surface area (Å²) in [6.07, 6.45) is 1.20. The molecule has 0 radical (unpaired) electrons. The van der Waals surface area contributed by atoms with Crippen LogP contribution in [0.4, 0.5) is 10.5 Å². The van der Waals surface area contributed by atoms with Gasteiger partial charge in [-0.05, 0) is 86.5 Å². The van der Waals surface area contributed by atoms with Gasteiger partial charge in [0.1, 0.15) is 12.3 Å². The Kier molecular flexibility index (Phi) is 8.12. The summed E-state index contributed by atoms with van der Waals surface area (Å²) in [7, 11) is 0. The Morgan fingerprint density at radius 2 is 1.85 bits per heavy atom. The van der Waals surface area contributed by atoms with Crippen LogP contribution in [-0.4, -0.2) is 47.2 Å². The van der Waals surface area contributed by atoms with Crippen molar-refractivity contribution in [3.05, 3.63) is 64.1 Å². The molecule has 3 rings (SSSR count). The maximum atomic E-state index is 12.6. The van der Waals surface area contributed by atoms with Crippen LogP contribution in [0.2, 0.25) is 0 Å². The number of aryl methyl sites for hydroxylation is 2. The first-order valence-corrected chi connectivity index (χ1v) is 11.5. The molecule has 0 saturated carbocycles. The van der Waals surface area contributed by atoms with Crippen molar-refractivity contribution >= 4 is 46.5 Å². The van der Waals surface area contributed by atoms with Crippen molar-refractivity contribution in [1.29, 1.82) is 0 Å². The van der Waals surface area contributed by atoms with Crippen LogP contribution in [0, 0.1) is 13.8 Å². The largest absolute Gasteiger partial charge is 0.484 e. The van der Waals surface area contributed by atoms with E-state index in [4.69, 9.17) is 9.47 Å². The smallest absolute Gasteiger partial charge is 0.326 e. The van der Waals surface area contributed by atoms with Gasteiger partial charge in [0.15, 0.2) is 6.61 Å². The molecule has 2 aromatic carbocycles. The molecule has 0 spiro atoms. The van der Waals surface area contributed by atoms with Gasteiger partial charge >= 0.3 is 5.97 Å². The Hall–Kier alpha value is -3.59. The number of anilines is 1. The van der Waals surface area contributed by atoms with E-state index in [1.165, 1.54) is 0 Å². The van der Waals surface area contributed by atoms with Crippen LogP contribution in [0.15, 0.2) is 47.4 Å². The summed E-state index contributed by atoms with van der Waals surface area (Å²) in [5, 5.41) is 2.26. The van der Waals surface area contributed by atoms with Crippen molar-refractivity contribution in [3.63, 3.8) is 0 Å². The van der Waals surface area contributed by atoms with E-state index in [0.29, 0.717) is 17.0 Å². The first kappa shape index (κ1) is 25.0. The number of carbonyl (C=O) groups is 4. The molecule has 1 aliphatic rings. The van der Waals surface area contributed by atoms with Gasteiger partial charge in [-0.25, -0.2) is 0 Å². The average molecular weight is 483 g/mol. The molecule has 0 bridgehead atoms. The molecule has 8 nitrogen and oxygen atoms in total. The van der Waals surface area contributed by atoms with Crippen LogP contribution in [0.3, 0.4) is 0 Å². The minimum Gasteiger partial charge on any atom is -0.484 e. The molecular weight excluding hydrogens is 456 g/mol. The maximum absolute atomic E-state index is 12.6. The summed E-state index contributed by atoms with van der Waals surface area (Å²) in [6.45, 7) is 6.72. The zero-order valence-electron chi connectivity index (χ0n) is 19.4. The van der Waals surface area contributed by atoms with Crippen molar-refractivity contribution in [2.45, 2.75) is 33.8 Å². The molecule has 1 heterocycles. The Labute approximate surface area is 202 Å².